The molecule has 31 heavy (non-hydrogen) atoms. The van der Waals surface area contributed by atoms with Gasteiger partial charge in [-0.1, -0.05) is 18.0 Å². The standard InChI is InChI=1S/C22H26ClN3O4S/c1-25(2)19-8-7-17(31(28,29)26-10-4-3-5-11-26)14-18(19)24-22(27)21-13-15-12-16(23)6-9-20(15)30-21/h6-9,12,14,21H,3-5,10-11,13H2,1-2H3,(H,24,27)/t21-/m0/s1. The molecule has 4 rings (SSSR count). The van der Waals surface area contributed by atoms with Crippen LogP contribution in [0.25, 0.3) is 0 Å². The third-order valence-corrected chi connectivity index (χ3v) is 7.78. The van der Waals surface area contributed by atoms with Gasteiger partial charge in [0.2, 0.25) is 10.0 Å². The van der Waals surface area contributed by atoms with Crippen LogP contribution in [0.1, 0.15) is 24.8 Å². The molecule has 2 aromatic rings. The van der Waals surface area contributed by atoms with Crippen molar-refractivity contribution in [2.75, 3.05) is 37.4 Å². The first-order valence-electron chi connectivity index (χ1n) is 10.3. The summed E-state index contributed by atoms with van der Waals surface area (Å²) in [4.78, 5) is 15.0. The molecule has 2 aromatic carbocycles. The van der Waals surface area contributed by atoms with Crippen LogP contribution in [0.4, 0.5) is 11.4 Å². The minimum atomic E-state index is -3.61. The number of sulfonamides is 1. The molecule has 0 aliphatic carbocycles. The highest BCUT2D eigenvalue weighted by Gasteiger charge is 2.31. The molecule has 9 heteroatoms. The van der Waals surface area contributed by atoms with Crippen molar-refractivity contribution in [3.63, 3.8) is 0 Å². The third-order valence-electron chi connectivity index (χ3n) is 5.65. The van der Waals surface area contributed by atoms with Crippen LogP contribution in [0, 0.1) is 0 Å². The summed E-state index contributed by atoms with van der Waals surface area (Å²) in [5.41, 5.74) is 2.03. The monoisotopic (exact) mass is 463 g/mol. The predicted molar refractivity (Wildman–Crippen MR) is 122 cm³/mol. The summed E-state index contributed by atoms with van der Waals surface area (Å²) in [6.45, 7) is 1.05. The van der Waals surface area contributed by atoms with E-state index in [0.717, 1.165) is 24.8 Å². The van der Waals surface area contributed by atoms with Crippen molar-refractivity contribution in [1.29, 1.82) is 0 Å². The lowest BCUT2D eigenvalue weighted by Gasteiger charge is -2.27. The zero-order valence-corrected chi connectivity index (χ0v) is 19.2. The summed E-state index contributed by atoms with van der Waals surface area (Å²) in [5, 5.41) is 3.47. The van der Waals surface area contributed by atoms with Crippen LogP contribution in [0.5, 0.6) is 5.75 Å². The molecule has 7 nitrogen and oxygen atoms in total. The molecule has 166 valence electrons. The van der Waals surface area contributed by atoms with Crippen LogP contribution in [0.3, 0.4) is 0 Å². The number of hydrogen-bond acceptors (Lipinski definition) is 5. The van der Waals surface area contributed by atoms with Crippen LogP contribution >= 0.6 is 11.6 Å². The summed E-state index contributed by atoms with van der Waals surface area (Å²) in [7, 11) is 0.0693. The summed E-state index contributed by atoms with van der Waals surface area (Å²) >= 11 is 6.04. The Kier molecular flexibility index (Phi) is 6.14. The Balaban J connectivity index is 1.58. The number of nitrogens with zero attached hydrogens (tertiary/aromatic N) is 2. The molecular formula is C22H26ClN3O4S. The molecule has 0 unspecified atom stereocenters. The molecule has 2 aliphatic heterocycles. The number of amides is 1. The predicted octanol–water partition coefficient (Wildman–Crippen LogP) is 3.52. The smallest absolute Gasteiger partial charge is 0.265 e. The van der Waals surface area contributed by atoms with Gasteiger partial charge >= 0.3 is 0 Å². The Hall–Kier alpha value is -2.29. The fourth-order valence-electron chi connectivity index (χ4n) is 4.00. The number of benzene rings is 2. The van der Waals surface area contributed by atoms with Crippen molar-refractivity contribution in [3.05, 3.63) is 47.0 Å². The zero-order chi connectivity index (χ0) is 22.2. The topological polar surface area (TPSA) is 79.0 Å². The SMILES string of the molecule is CN(C)c1ccc(S(=O)(=O)N2CCCCC2)cc1NC(=O)[C@@H]1Cc2cc(Cl)ccc2O1. The highest BCUT2D eigenvalue weighted by atomic mass is 35.5. The number of nitrogens with one attached hydrogen (secondary N) is 1. The Morgan fingerprint density at radius 1 is 1.13 bits per heavy atom. The molecule has 2 aliphatic rings. The maximum Gasteiger partial charge on any atom is 0.265 e. The van der Waals surface area contributed by atoms with E-state index in [4.69, 9.17) is 16.3 Å². The number of ether oxygens (including phenoxy) is 1. The normalized spacial score (nSPS) is 18.9. The van der Waals surface area contributed by atoms with Gasteiger partial charge in [0.15, 0.2) is 6.10 Å². The van der Waals surface area contributed by atoms with Crippen molar-refractivity contribution in [1.82, 2.24) is 4.31 Å². The Bertz CT molecular complexity index is 1100. The van der Waals surface area contributed by atoms with Crippen LogP contribution in [-0.2, 0) is 21.2 Å². The van der Waals surface area contributed by atoms with Gasteiger partial charge in [-0.05, 0) is 54.8 Å². The maximum absolute atomic E-state index is 13.1. The van der Waals surface area contributed by atoms with Crippen LogP contribution in [0.15, 0.2) is 41.3 Å². The van der Waals surface area contributed by atoms with Crippen molar-refractivity contribution in [2.24, 2.45) is 0 Å². The van der Waals surface area contributed by atoms with E-state index in [2.05, 4.69) is 5.32 Å². The highest BCUT2D eigenvalue weighted by Crippen LogP contribution is 2.33. The van der Waals surface area contributed by atoms with E-state index in [-0.39, 0.29) is 10.8 Å². The molecule has 1 atom stereocenters. The second-order valence-corrected chi connectivity index (χ2v) is 10.5. The van der Waals surface area contributed by atoms with Crippen molar-refractivity contribution < 1.29 is 17.9 Å². The van der Waals surface area contributed by atoms with Gasteiger partial charge in [-0.3, -0.25) is 4.79 Å². The molecule has 0 radical (unpaired) electrons. The van der Waals surface area contributed by atoms with E-state index in [1.54, 1.807) is 30.3 Å². The third kappa shape index (κ3) is 4.51. The van der Waals surface area contributed by atoms with Crippen molar-refractivity contribution in [2.45, 2.75) is 36.7 Å². The molecule has 0 aromatic heterocycles. The second-order valence-electron chi connectivity index (χ2n) is 8.09. The number of rotatable bonds is 5. The molecule has 1 saturated heterocycles. The molecule has 0 spiro atoms. The average Bonchev–Trinajstić information content (AvgIpc) is 3.17. The molecule has 1 fully saturated rings. The quantitative estimate of drug-likeness (QED) is 0.733. The van der Waals surface area contributed by atoms with Crippen LogP contribution in [-0.4, -0.2) is 51.9 Å². The van der Waals surface area contributed by atoms with Gasteiger partial charge in [0.25, 0.3) is 5.91 Å². The summed E-state index contributed by atoms with van der Waals surface area (Å²) in [5.74, 6) is 0.307. The fourth-order valence-corrected chi connectivity index (χ4v) is 5.74. The van der Waals surface area contributed by atoms with E-state index >= 15 is 0 Å². The Labute approximate surface area is 188 Å². The van der Waals surface area contributed by atoms with Gasteiger partial charge in [-0.2, -0.15) is 4.31 Å². The number of carbonyl (C=O) groups excluding carboxylic acids is 1. The summed E-state index contributed by atoms with van der Waals surface area (Å²) in [6, 6.07) is 10.1. The lowest BCUT2D eigenvalue weighted by molar-refractivity contribution is -0.122. The van der Waals surface area contributed by atoms with Crippen molar-refractivity contribution >= 4 is 38.9 Å². The lowest BCUT2D eigenvalue weighted by Crippen LogP contribution is -2.36. The maximum atomic E-state index is 13.1. The largest absolute Gasteiger partial charge is 0.480 e. The molecule has 2 heterocycles. The number of fused-ring (bicyclic) bond motifs is 1. The van der Waals surface area contributed by atoms with Crippen LogP contribution in [0.2, 0.25) is 5.02 Å². The second kappa shape index (κ2) is 8.68. The van der Waals surface area contributed by atoms with E-state index < -0.39 is 16.1 Å². The lowest BCUT2D eigenvalue weighted by atomic mass is 10.1. The summed E-state index contributed by atoms with van der Waals surface area (Å²) in [6.07, 6.45) is 2.47. The Morgan fingerprint density at radius 2 is 1.87 bits per heavy atom. The molecule has 1 amide bonds. The first-order chi connectivity index (χ1) is 14.8. The minimum Gasteiger partial charge on any atom is -0.480 e. The minimum absolute atomic E-state index is 0.178. The number of halogens is 1. The van der Waals surface area contributed by atoms with Gasteiger partial charge in [-0.25, -0.2) is 8.42 Å². The molecule has 0 bridgehead atoms. The number of hydrogen-bond donors (Lipinski definition) is 1. The molecule has 1 N–H and O–H groups in total. The van der Waals surface area contributed by atoms with Gasteiger partial charge in [0, 0.05) is 38.6 Å². The van der Waals surface area contributed by atoms with Gasteiger partial charge in [0.05, 0.1) is 16.3 Å². The van der Waals surface area contributed by atoms with Gasteiger partial charge in [0.1, 0.15) is 5.75 Å². The Morgan fingerprint density at radius 3 is 2.58 bits per heavy atom. The van der Waals surface area contributed by atoms with Gasteiger partial charge < -0.3 is 15.0 Å². The van der Waals surface area contributed by atoms with E-state index in [1.807, 2.05) is 19.0 Å². The highest BCUT2D eigenvalue weighted by molar-refractivity contribution is 7.89. The fraction of sp³-hybridized carbons (Fsp3) is 0.409. The first kappa shape index (κ1) is 21.9. The first-order valence-corrected chi connectivity index (χ1v) is 12.1. The number of anilines is 2. The van der Waals surface area contributed by atoms with E-state index in [1.165, 1.54) is 10.4 Å². The molecule has 0 saturated carbocycles. The van der Waals surface area contributed by atoms with Crippen LogP contribution < -0.4 is 15.0 Å². The number of carbonyl (C=O) groups is 1. The summed E-state index contributed by atoms with van der Waals surface area (Å²) < 4.78 is 33.5. The molecular weight excluding hydrogens is 438 g/mol. The number of piperidine rings is 1. The average molecular weight is 464 g/mol. The van der Waals surface area contributed by atoms with E-state index in [0.29, 0.717) is 41.7 Å². The zero-order valence-electron chi connectivity index (χ0n) is 17.6. The van der Waals surface area contributed by atoms with Crippen molar-refractivity contribution in [3.8, 4) is 5.75 Å². The van der Waals surface area contributed by atoms with E-state index in [9.17, 15) is 13.2 Å². The van der Waals surface area contributed by atoms with Gasteiger partial charge in [-0.15, -0.1) is 0 Å².